The number of nitrogens with one attached hydrogen (secondary N) is 1. The van der Waals surface area contributed by atoms with E-state index in [1.807, 2.05) is 31.3 Å². The van der Waals surface area contributed by atoms with Crippen molar-refractivity contribution in [1.29, 1.82) is 0 Å². The van der Waals surface area contributed by atoms with E-state index in [4.69, 9.17) is 4.74 Å². The Balaban J connectivity index is 2.02. The second-order valence-corrected chi connectivity index (χ2v) is 4.82. The van der Waals surface area contributed by atoms with E-state index >= 15 is 0 Å². The molecule has 0 aromatic heterocycles. The standard InChI is InChI=1S/C17H19F2NO/c1-3-16(20-2)12-7-9-14(10-8-12)21-11-13-5-4-6-15(18)17(13)19/h4-10,16,20H,3,11H2,1-2H3. The highest BCUT2D eigenvalue weighted by atomic mass is 19.2. The van der Waals surface area contributed by atoms with Crippen LogP contribution in [0.2, 0.25) is 0 Å². The van der Waals surface area contributed by atoms with Crippen molar-refractivity contribution in [3.63, 3.8) is 0 Å². The van der Waals surface area contributed by atoms with Gasteiger partial charge in [-0.25, -0.2) is 8.78 Å². The fraction of sp³-hybridized carbons (Fsp3) is 0.294. The monoisotopic (exact) mass is 291 g/mol. The predicted molar refractivity (Wildman–Crippen MR) is 79.2 cm³/mol. The van der Waals surface area contributed by atoms with E-state index in [1.165, 1.54) is 17.7 Å². The van der Waals surface area contributed by atoms with Crippen LogP contribution in [0.25, 0.3) is 0 Å². The Kier molecular flexibility index (Phi) is 5.28. The van der Waals surface area contributed by atoms with Crippen molar-refractivity contribution in [2.24, 2.45) is 0 Å². The maximum atomic E-state index is 13.5. The molecule has 0 aliphatic carbocycles. The molecule has 0 saturated carbocycles. The van der Waals surface area contributed by atoms with E-state index in [0.29, 0.717) is 11.8 Å². The van der Waals surface area contributed by atoms with Crippen LogP contribution in [0.15, 0.2) is 42.5 Å². The van der Waals surface area contributed by atoms with Crippen molar-refractivity contribution < 1.29 is 13.5 Å². The summed E-state index contributed by atoms with van der Waals surface area (Å²) in [7, 11) is 1.92. The van der Waals surface area contributed by atoms with Gasteiger partial charge in [-0.3, -0.25) is 0 Å². The van der Waals surface area contributed by atoms with Gasteiger partial charge in [0.1, 0.15) is 12.4 Å². The molecule has 2 rings (SSSR count). The van der Waals surface area contributed by atoms with E-state index in [2.05, 4.69) is 12.2 Å². The second kappa shape index (κ2) is 7.18. The molecule has 0 aliphatic rings. The second-order valence-electron chi connectivity index (χ2n) is 4.82. The number of benzene rings is 2. The SMILES string of the molecule is CCC(NC)c1ccc(OCc2cccc(F)c2F)cc1. The van der Waals surface area contributed by atoms with Crippen molar-refractivity contribution in [1.82, 2.24) is 5.32 Å². The topological polar surface area (TPSA) is 21.3 Å². The Morgan fingerprint density at radius 2 is 1.81 bits per heavy atom. The summed E-state index contributed by atoms with van der Waals surface area (Å²) in [5, 5.41) is 3.23. The van der Waals surface area contributed by atoms with Gasteiger partial charge in [-0.2, -0.15) is 0 Å². The maximum absolute atomic E-state index is 13.5. The van der Waals surface area contributed by atoms with Crippen LogP contribution in [0.3, 0.4) is 0 Å². The van der Waals surface area contributed by atoms with Crippen molar-refractivity contribution in [3.05, 3.63) is 65.2 Å². The molecule has 1 atom stereocenters. The Hall–Kier alpha value is -1.94. The third-order valence-corrected chi connectivity index (χ3v) is 3.47. The lowest BCUT2D eigenvalue weighted by atomic mass is 10.0. The third kappa shape index (κ3) is 3.79. The van der Waals surface area contributed by atoms with Crippen molar-refractivity contribution >= 4 is 0 Å². The van der Waals surface area contributed by atoms with Crippen molar-refractivity contribution in [3.8, 4) is 5.75 Å². The lowest BCUT2D eigenvalue weighted by Gasteiger charge is -2.15. The zero-order valence-corrected chi connectivity index (χ0v) is 12.2. The molecule has 0 aliphatic heterocycles. The summed E-state index contributed by atoms with van der Waals surface area (Å²) in [6.45, 7) is 2.12. The van der Waals surface area contributed by atoms with Gasteiger partial charge in [0.25, 0.3) is 0 Å². The molecule has 0 fully saturated rings. The van der Waals surface area contributed by atoms with Crippen molar-refractivity contribution in [2.75, 3.05) is 7.05 Å². The first-order chi connectivity index (χ1) is 10.2. The van der Waals surface area contributed by atoms with Crippen LogP contribution >= 0.6 is 0 Å². The Morgan fingerprint density at radius 1 is 1.10 bits per heavy atom. The summed E-state index contributed by atoms with van der Waals surface area (Å²) in [6, 6.07) is 12.0. The molecule has 1 N–H and O–H groups in total. The smallest absolute Gasteiger partial charge is 0.165 e. The first-order valence-electron chi connectivity index (χ1n) is 6.98. The minimum Gasteiger partial charge on any atom is -0.489 e. The largest absolute Gasteiger partial charge is 0.489 e. The van der Waals surface area contributed by atoms with Gasteiger partial charge in [-0.05, 0) is 37.2 Å². The highest BCUT2D eigenvalue weighted by Crippen LogP contribution is 2.21. The molecule has 1 unspecified atom stereocenters. The molecule has 0 bridgehead atoms. The van der Waals surface area contributed by atoms with Gasteiger partial charge in [0.15, 0.2) is 11.6 Å². The van der Waals surface area contributed by atoms with Crippen LogP contribution in [0.4, 0.5) is 8.78 Å². The average Bonchev–Trinajstić information content (AvgIpc) is 2.51. The molecule has 112 valence electrons. The molecule has 0 spiro atoms. The Morgan fingerprint density at radius 3 is 2.43 bits per heavy atom. The van der Waals surface area contributed by atoms with Crippen LogP contribution in [-0.4, -0.2) is 7.05 Å². The highest BCUT2D eigenvalue weighted by Gasteiger charge is 2.09. The summed E-state index contributed by atoms with van der Waals surface area (Å²) in [4.78, 5) is 0. The number of hydrogen-bond donors (Lipinski definition) is 1. The molecule has 4 heteroatoms. The Labute approximate surface area is 123 Å². The van der Waals surface area contributed by atoms with Crippen LogP contribution in [-0.2, 0) is 6.61 Å². The third-order valence-electron chi connectivity index (χ3n) is 3.47. The van der Waals surface area contributed by atoms with E-state index in [9.17, 15) is 8.78 Å². The summed E-state index contributed by atoms with van der Waals surface area (Å²) in [5.41, 5.74) is 1.38. The molecule has 0 amide bonds. The average molecular weight is 291 g/mol. The fourth-order valence-corrected chi connectivity index (χ4v) is 2.22. The molecular formula is C17H19F2NO. The van der Waals surface area contributed by atoms with Gasteiger partial charge in [-0.15, -0.1) is 0 Å². The zero-order chi connectivity index (χ0) is 15.2. The maximum Gasteiger partial charge on any atom is 0.165 e. The van der Waals surface area contributed by atoms with E-state index in [-0.39, 0.29) is 12.2 Å². The molecule has 21 heavy (non-hydrogen) atoms. The van der Waals surface area contributed by atoms with Gasteiger partial charge in [-0.1, -0.05) is 31.2 Å². The molecular weight excluding hydrogens is 272 g/mol. The van der Waals surface area contributed by atoms with Crippen LogP contribution < -0.4 is 10.1 Å². The van der Waals surface area contributed by atoms with E-state index in [0.717, 1.165) is 12.5 Å². The summed E-state index contributed by atoms with van der Waals surface area (Å²) in [5.74, 6) is -1.07. The molecule has 2 nitrogen and oxygen atoms in total. The molecule has 0 heterocycles. The van der Waals surface area contributed by atoms with Gasteiger partial charge >= 0.3 is 0 Å². The Bertz CT molecular complexity index is 580. The van der Waals surface area contributed by atoms with Crippen LogP contribution in [0.1, 0.15) is 30.5 Å². The first-order valence-corrected chi connectivity index (χ1v) is 6.98. The lowest BCUT2D eigenvalue weighted by molar-refractivity contribution is 0.297. The number of rotatable bonds is 6. The molecule has 0 radical (unpaired) electrons. The van der Waals surface area contributed by atoms with Crippen molar-refractivity contribution in [2.45, 2.75) is 26.0 Å². The van der Waals surface area contributed by atoms with Crippen LogP contribution in [0.5, 0.6) is 5.75 Å². The van der Waals surface area contributed by atoms with Gasteiger partial charge < -0.3 is 10.1 Å². The normalized spacial score (nSPS) is 12.2. The number of ether oxygens (including phenoxy) is 1. The number of hydrogen-bond acceptors (Lipinski definition) is 2. The fourth-order valence-electron chi connectivity index (χ4n) is 2.22. The summed E-state index contributed by atoms with van der Waals surface area (Å²) >= 11 is 0. The minimum atomic E-state index is -0.855. The number of halogens is 2. The highest BCUT2D eigenvalue weighted by molar-refractivity contribution is 5.29. The minimum absolute atomic E-state index is 0.00613. The quantitative estimate of drug-likeness (QED) is 0.860. The molecule has 2 aromatic rings. The summed E-state index contributed by atoms with van der Waals surface area (Å²) < 4.78 is 32.1. The predicted octanol–water partition coefficient (Wildman–Crippen LogP) is 4.21. The van der Waals surface area contributed by atoms with Crippen LogP contribution in [0, 0.1) is 11.6 Å². The molecule has 0 saturated heterocycles. The van der Waals surface area contributed by atoms with E-state index < -0.39 is 11.6 Å². The summed E-state index contributed by atoms with van der Waals surface area (Å²) in [6.07, 6.45) is 0.991. The van der Waals surface area contributed by atoms with Gasteiger partial charge in [0.2, 0.25) is 0 Å². The van der Waals surface area contributed by atoms with E-state index in [1.54, 1.807) is 0 Å². The zero-order valence-electron chi connectivity index (χ0n) is 12.2. The molecule has 2 aromatic carbocycles. The lowest BCUT2D eigenvalue weighted by Crippen LogP contribution is -2.14. The first kappa shape index (κ1) is 15.4. The van der Waals surface area contributed by atoms with Gasteiger partial charge in [0.05, 0.1) is 0 Å². The van der Waals surface area contributed by atoms with Gasteiger partial charge in [0, 0.05) is 11.6 Å².